The van der Waals surface area contributed by atoms with Gasteiger partial charge in [0, 0.05) is 17.3 Å². The third-order valence-corrected chi connectivity index (χ3v) is 14.4. The maximum atomic E-state index is 6.71. The van der Waals surface area contributed by atoms with Crippen LogP contribution in [0.4, 0.5) is 0 Å². The van der Waals surface area contributed by atoms with Crippen molar-refractivity contribution in [2.45, 2.75) is 6.92 Å². The van der Waals surface area contributed by atoms with E-state index in [4.69, 9.17) is 9.72 Å². The van der Waals surface area contributed by atoms with Gasteiger partial charge in [0.15, 0.2) is 0 Å². The molecule has 0 saturated heterocycles. The highest BCUT2D eigenvalue weighted by Gasteiger charge is 2.22. The van der Waals surface area contributed by atoms with Crippen molar-refractivity contribution in [3.8, 4) is 112 Å². The Morgan fingerprint density at radius 1 is 0.351 bits per heavy atom. The summed E-state index contributed by atoms with van der Waals surface area (Å²) in [5.74, 6) is 1.43. The van der Waals surface area contributed by atoms with Gasteiger partial charge in [0.25, 0.3) is 6.33 Å². The fourth-order valence-corrected chi connectivity index (χ4v) is 10.6. The second-order valence-corrected chi connectivity index (χ2v) is 19.4. The third kappa shape index (κ3) is 9.53. The largest absolute Gasteiger partial charge is 0.458 e. The van der Waals surface area contributed by atoms with Crippen molar-refractivity contribution in [3.05, 3.63) is 303 Å². The number of aromatic nitrogens is 3. The van der Waals surface area contributed by atoms with E-state index in [0.29, 0.717) is 5.75 Å². The van der Waals surface area contributed by atoms with Crippen LogP contribution in [0.2, 0.25) is 0 Å². The molecule has 0 aliphatic carbocycles. The molecular weight excluding hydrogens is 935 g/mol. The molecule has 0 amide bonds. The molecule has 0 fully saturated rings. The topological polar surface area (TPSA) is 30.9 Å². The van der Waals surface area contributed by atoms with E-state index in [0.717, 1.165) is 123 Å². The quantitative estimate of drug-likeness (QED) is 0.0902. The van der Waals surface area contributed by atoms with Crippen LogP contribution in [0.1, 0.15) is 5.56 Å². The molecule has 0 saturated carbocycles. The van der Waals surface area contributed by atoms with E-state index in [1.165, 1.54) is 0 Å². The molecule has 2 heterocycles. The van der Waals surface area contributed by atoms with Gasteiger partial charge < -0.3 is 4.74 Å². The second kappa shape index (κ2) is 20.6. The molecule has 0 N–H and O–H groups in total. The number of hydrogen-bond donors (Lipinski definition) is 0. The van der Waals surface area contributed by atoms with Gasteiger partial charge >= 0.3 is 0 Å². The lowest BCUT2D eigenvalue weighted by atomic mass is 9.89. The lowest BCUT2D eigenvalue weighted by Crippen LogP contribution is -2.31. The third-order valence-electron chi connectivity index (χ3n) is 14.4. The van der Waals surface area contributed by atoms with Crippen LogP contribution in [0.5, 0.6) is 11.5 Å². The zero-order valence-electron chi connectivity index (χ0n) is 42.5. The van der Waals surface area contributed by atoms with Crippen molar-refractivity contribution in [1.82, 2.24) is 9.55 Å². The highest BCUT2D eigenvalue weighted by atomic mass is 16.5. The summed E-state index contributed by atoms with van der Waals surface area (Å²) in [7, 11) is 0. The average Bonchev–Trinajstić information content (AvgIpc) is 3.90. The van der Waals surface area contributed by atoms with Gasteiger partial charge in [-0.25, -0.2) is 0 Å². The van der Waals surface area contributed by atoms with E-state index in [9.17, 15) is 0 Å². The first-order chi connectivity index (χ1) is 38.1. The lowest BCUT2D eigenvalue weighted by molar-refractivity contribution is -0.571. The zero-order valence-corrected chi connectivity index (χ0v) is 42.5. The molecule has 0 aliphatic rings. The summed E-state index contributed by atoms with van der Waals surface area (Å²) in [5.41, 5.74) is 22.8. The van der Waals surface area contributed by atoms with Gasteiger partial charge in [-0.3, -0.25) is 14.1 Å². The summed E-state index contributed by atoms with van der Waals surface area (Å²) in [6.45, 7) is 2.14. The van der Waals surface area contributed by atoms with Crippen molar-refractivity contribution >= 4 is 11.0 Å². The van der Waals surface area contributed by atoms with Crippen LogP contribution < -0.4 is 9.30 Å². The Balaban J connectivity index is 0.974. The van der Waals surface area contributed by atoms with Crippen LogP contribution >= 0.6 is 0 Å². The number of rotatable bonds is 12. The standard InChI is InChI=1S/C73H51N3O/c1-51-40-70(74-49-69(51)56-30-15-6-16-31-56)57-32-19-34-65(47-57)77-66-35-20-33-64(48-66)75-50-76(72-39-18-17-38-71(72)75)73-67(62-43-58(52-22-7-2-8-23-52)41-59(44-62)53-24-9-3-10-25-53)36-21-37-68(73)63-45-60(54-26-11-4-12-27-54)42-61(46-63)55-28-13-5-14-29-55/h2-49H,1H3. The molecular formula is C73H51N3O. The molecule has 13 aromatic rings. The maximum Gasteiger partial charge on any atom is 0.269 e. The van der Waals surface area contributed by atoms with Gasteiger partial charge in [0.05, 0.1) is 28.1 Å². The number of aryl methyl sites for hydroxylation is 1. The Morgan fingerprint density at radius 2 is 0.779 bits per heavy atom. The molecule has 2 aromatic heterocycles. The monoisotopic (exact) mass is 985 g/mol. The van der Waals surface area contributed by atoms with E-state index in [-0.39, 0.29) is 0 Å². The molecule has 4 heteroatoms. The molecule has 4 nitrogen and oxygen atoms in total. The van der Waals surface area contributed by atoms with E-state index >= 15 is 0 Å². The van der Waals surface area contributed by atoms with Gasteiger partial charge in [-0.05, 0) is 158 Å². The number of pyridine rings is 1. The summed E-state index contributed by atoms with van der Waals surface area (Å²) < 4.78 is 11.1. The number of benzene rings is 11. The maximum absolute atomic E-state index is 6.71. The minimum atomic E-state index is 0.708. The average molecular weight is 986 g/mol. The molecule has 13 rings (SSSR count). The number of imidazole rings is 1. The number of hydrogen-bond acceptors (Lipinski definition) is 2. The fraction of sp³-hybridized carbons (Fsp3) is 0.0137. The first-order valence-corrected chi connectivity index (χ1v) is 26.1. The number of fused-ring (bicyclic) bond motifs is 1. The number of para-hydroxylation sites is 3. The molecule has 0 unspecified atom stereocenters. The smallest absolute Gasteiger partial charge is 0.269 e. The molecule has 77 heavy (non-hydrogen) atoms. The van der Waals surface area contributed by atoms with E-state index in [2.05, 4.69) is 283 Å². The van der Waals surface area contributed by atoms with Gasteiger partial charge in [0.1, 0.15) is 11.5 Å². The summed E-state index contributed by atoms with van der Waals surface area (Å²) in [6.07, 6.45) is 5.91. The van der Waals surface area contributed by atoms with Crippen LogP contribution in [0.3, 0.4) is 0 Å². The second-order valence-electron chi connectivity index (χ2n) is 19.4. The predicted octanol–water partition coefficient (Wildman–Crippen LogP) is 18.5. The zero-order chi connectivity index (χ0) is 51.5. The Bertz CT molecular complexity index is 3970. The lowest BCUT2D eigenvalue weighted by Gasteiger charge is -2.20. The van der Waals surface area contributed by atoms with Crippen LogP contribution in [-0.4, -0.2) is 9.55 Å². The predicted molar refractivity (Wildman–Crippen MR) is 316 cm³/mol. The highest BCUT2D eigenvalue weighted by molar-refractivity contribution is 5.91. The molecule has 0 aliphatic heterocycles. The minimum Gasteiger partial charge on any atom is -0.458 e. The van der Waals surface area contributed by atoms with Crippen molar-refractivity contribution in [1.29, 1.82) is 0 Å². The summed E-state index contributed by atoms with van der Waals surface area (Å²) in [6, 6.07) is 101. The molecule has 364 valence electrons. The van der Waals surface area contributed by atoms with E-state index in [1.54, 1.807) is 0 Å². The SMILES string of the molecule is Cc1cc(-c2cccc(Oc3cccc(-n4[c-][n+](-c5c(-c6cc(-c7ccccc7)cc(-c7ccccc7)c6)cccc5-c5cc(-c6ccccc6)cc(-c6ccccc6)c5)c5ccccc54)c3)c2)ncc1-c1ccccc1. The Morgan fingerprint density at radius 3 is 1.30 bits per heavy atom. The van der Waals surface area contributed by atoms with E-state index in [1.807, 2.05) is 30.5 Å². The summed E-state index contributed by atoms with van der Waals surface area (Å²) >= 11 is 0. The number of nitrogens with zero attached hydrogens (tertiary/aromatic N) is 3. The van der Waals surface area contributed by atoms with Gasteiger partial charge in [-0.2, -0.15) is 0 Å². The van der Waals surface area contributed by atoms with Crippen LogP contribution in [-0.2, 0) is 0 Å². The minimum absolute atomic E-state index is 0.708. The summed E-state index contributed by atoms with van der Waals surface area (Å²) in [5, 5.41) is 0. The molecule has 0 bridgehead atoms. The normalized spacial score (nSPS) is 11.2. The van der Waals surface area contributed by atoms with Crippen molar-refractivity contribution in [2.75, 3.05) is 0 Å². The summed E-state index contributed by atoms with van der Waals surface area (Å²) in [4.78, 5) is 4.90. The molecule has 0 atom stereocenters. The molecule has 0 spiro atoms. The van der Waals surface area contributed by atoms with Gasteiger partial charge in [-0.15, -0.1) is 0 Å². The molecule has 11 aromatic carbocycles. The molecule has 0 radical (unpaired) electrons. The van der Waals surface area contributed by atoms with Crippen LogP contribution in [0.15, 0.2) is 291 Å². The van der Waals surface area contributed by atoms with Gasteiger partial charge in [-0.1, -0.05) is 212 Å². The van der Waals surface area contributed by atoms with Crippen molar-refractivity contribution < 1.29 is 9.30 Å². The highest BCUT2D eigenvalue weighted by Crippen LogP contribution is 2.41. The first kappa shape index (κ1) is 46.6. The van der Waals surface area contributed by atoms with E-state index < -0.39 is 0 Å². The van der Waals surface area contributed by atoms with Crippen molar-refractivity contribution in [3.63, 3.8) is 0 Å². The van der Waals surface area contributed by atoms with Crippen LogP contribution in [0.25, 0.3) is 112 Å². The van der Waals surface area contributed by atoms with Crippen molar-refractivity contribution in [2.24, 2.45) is 0 Å². The Hall–Kier alpha value is -10.2. The van der Waals surface area contributed by atoms with Crippen LogP contribution in [0, 0.1) is 13.3 Å². The first-order valence-electron chi connectivity index (χ1n) is 26.1. The Kier molecular flexibility index (Phi) is 12.5. The van der Waals surface area contributed by atoms with Gasteiger partial charge in [0.2, 0.25) is 0 Å². The fourth-order valence-electron chi connectivity index (χ4n) is 10.6. The number of ether oxygens (including phenoxy) is 1. The Labute approximate surface area is 449 Å².